The van der Waals surface area contributed by atoms with Gasteiger partial charge in [-0.2, -0.15) is 11.8 Å². The maximum absolute atomic E-state index is 13.0. The van der Waals surface area contributed by atoms with Crippen LogP contribution in [0.3, 0.4) is 0 Å². The molecule has 2 heterocycles. The molecule has 0 spiro atoms. The minimum Gasteiger partial charge on any atom is -0.379 e. The van der Waals surface area contributed by atoms with Gasteiger partial charge >= 0.3 is 6.03 Å². The van der Waals surface area contributed by atoms with Crippen molar-refractivity contribution in [1.29, 1.82) is 0 Å². The van der Waals surface area contributed by atoms with Gasteiger partial charge in [0.1, 0.15) is 5.82 Å². The summed E-state index contributed by atoms with van der Waals surface area (Å²) in [5.74, 6) is 1.81. The number of urea groups is 1. The SMILES string of the molecule is O=C(NCc1ccc(F)cc1)N1CCCSCC1CN1CCOCC1. The number of benzene rings is 1. The van der Waals surface area contributed by atoms with Crippen LogP contribution in [0, 0.1) is 5.82 Å². The first-order valence-electron chi connectivity index (χ1n) is 8.89. The highest BCUT2D eigenvalue weighted by Gasteiger charge is 2.27. The zero-order chi connectivity index (χ0) is 17.5. The van der Waals surface area contributed by atoms with E-state index in [1.807, 2.05) is 16.7 Å². The van der Waals surface area contributed by atoms with Crippen LogP contribution >= 0.6 is 11.8 Å². The summed E-state index contributed by atoms with van der Waals surface area (Å²) in [7, 11) is 0. The van der Waals surface area contributed by atoms with E-state index in [2.05, 4.69) is 10.2 Å². The minimum absolute atomic E-state index is 0.0231. The third-order valence-corrected chi connectivity index (χ3v) is 5.83. The smallest absolute Gasteiger partial charge is 0.317 e. The number of nitrogens with one attached hydrogen (secondary N) is 1. The standard InChI is InChI=1S/C18H26FN3O2S/c19-16-4-2-15(3-5-16)12-20-18(23)22-6-1-11-25-14-17(22)13-21-7-9-24-10-8-21/h2-5,17H,1,6-14H2,(H,20,23). The quantitative estimate of drug-likeness (QED) is 0.886. The van der Waals surface area contributed by atoms with Gasteiger partial charge in [-0.1, -0.05) is 12.1 Å². The largest absolute Gasteiger partial charge is 0.379 e. The van der Waals surface area contributed by atoms with Crippen LogP contribution in [0.5, 0.6) is 0 Å². The Kier molecular flexibility index (Phi) is 6.95. The molecule has 2 aliphatic heterocycles. The number of carbonyl (C=O) groups is 1. The van der Waals surface area contributed by atoms with E-state index in [0.717, 1.165) is 62.9 Å². The van der Waals surface area contributed by atoms with Gasteiger partial charge in [-0.3, -0.25) is 4.90 Å². The van der Waals surface area contributed by atoms with Crippen molar-refractivity contribution >= 4 is 17.8 Å². The van der Waals surface area contributed by atoms with Crippen molar-refractivity contribution in [2.75, 3.05) is 50.9 Å². The normalized spacial score (nSPS) is 22.4. The molecule has 1 N–H and O–H groups in total. The Morgan fingerprint density at radius 1 is 1.24 bits per heavy atom. The molecule has 0 radical (unpaired) electrons. The third kappa shape index (κ3) is 5.59. The summed E-state index contributed by atoms with van der Waals surface area (Å²) >= 11 is 1.93. The van der Waals surface area contributed by atoms with E-state index in [-0.39, 0.29) is 17.9 Å². The highest BCUT2D eigenvalue weighted by atomic mass is 32.2. The Morgan fingerprint density at radius 3 is 2.76 bits per heavy atom. The molecule has 1 atom stereocenters. The molecule has 2 saturated heterocycles. The fourth-order valence-electron chi connectivity index (χ4n) is 3.21. The Morgan fingerprint density at radius 2 is 2.00 bits per heavy atom. The van der Waals surface area contributed by atoms with Crippen molar-refractivity contribution in [3.63, 3.8) is 0 Å². The van der Waals surface area contributed by atoms with E-state index in [1.54, 1.807) is 12.1 Å². The van der Waals surface area contributed by atoms with Crippen LogP contribution in [-0.2, 0) is 11.3 Å². The van der Waals surface area contributed by atoms with Gasteiger partial charge in [0.25, 0.3) is 0 Å². The molecular formula is C18H26FN3O2S. The summed E-state index contributed by atoms with van der Waals surface area (Å²) in [4.78, 5) is 17.1. The molecule has 2 amide bonds. The van der Waals surface area contributed by atoms with Crippen molar-refractivity contribution in [3.05, 3.63) is 35.6 Å². The number of halogens is 1. The Bertz CT molecular complexity index is 552. The highest BCUT2D eigenvalue weighted by Crippen LogP contribution is 2.18. The molecule has 2 fully saturated rings. The summed E-state index contributed by atoms with van der Waals surface area (Å²) in [6, 6.07) is 6.46. The third-order valence-electron chi connectivity index (χ3n) is 4.63. The predicted molar refractivity (Wildman–Crippen MR) is 98.3 cm³/mol. The number of nitrogens with zero attached hydrogens (tertiary/aromatic N) is 2. The summed E-state index contributed by atoms with van der Waals surface area (Å²) in [6.07, 6.45) is 1.02. The molecular weight excluding hydrogens is 341 g/mol. The zero-order valence-corrected chi connectivity index (χ0v) is 15.3. The van der Waals surface area contributed by atoms with Crippen molar-refractivity contribution in [2.45, 2.75) is 19.0 Å². The Hall–Kier alpha value is -1.31. The molecule has 138 valence electrons. The van der Waals surface area contributed by atoms with Gasteiger partial charge in [-0.25, -0.2) is 9.18 Å². The molecule has 7 heteroatoms. The van der Waals surface area contributed by atoms with Crippen molar-refractivity contribution in [2.24, 2.45) is 0 Å². The second-order valence-electron chi connectivity index (χ2n) is 6.47. The van der Waals surface area contributed by atoms with Gasteiger partial charge in [0.05, 0.1) is 19.3 Å². The van der Waals surface area contributed by atoms with Gasteiger partial charge in [0, 0.05) is 38.5 Å². The molecule has 0 aromatic heterocycles. The maximum atomic E-state index is 13.0. The summed E-state index contributed by atoms with van der Waals surface area (Å²) in [5.41, 5.74) is 0.906. The average molecular weight is 367 g/mol. The van der Waals surface area contributed by atoms with Crippen LogP contribution < -0.4 is 5.32 Å². The first kappa shape index (κ1) is 18.5. The number of amides is 2. The van der Waals surface area contributed by atoms with E-state index < -0.39 is 0 Å². The summed E-state index contributed by atoms with van der Waals surface area (Å²) < 4.78 is 18.4. The summed E-state index contributed by atoms with van der Waals surface area (Å²) in [5, 5.41) is 3.00. The highest BCUT2D eigenvalue weighted by molar-refractivity contribution is 7.99. The lowest BCUT2D eigenvalue weighted by Crippen LogP contribution is -2.52. The fourth-order valence-corrected chi connectivity index (χ4v) is 4.27. The van der Waals surface area contributed by atoms with Crippen LogP contribution in [0.15, 0.2) is 24.3 Å². The molecule has 25 heavy (non-hydrogen) atoms. The molecule has 0 bridgehead atoms. The van der Waals surface area contributed by atoms with Gasteiger partial charge < -0.3 is 15.0 Å². The number of thioether (sulfide) groups is 1. The second kappa shape index (κ2) is 9.40. The van der Waals surface area contributed by atoms with Gasteiger partial charge in [0.15, 0.2) is 0 Å². The Balaban J connectivity index is 1.57. The number of hydrogen-bond donors (Lipinski definition) is 1. The Labute approximate surface area is 152 Å². The lowest BCUT2D eigenvalue weighted by molar-refractivity contribution is 0.0283. The first-order chi connectivity index (χ1) is 12.2. The molecule has 0 saturated carbocycles. The van der Waals surface area contributed by atoms with Crippen LogP contribution in [0.2, 0.25) is 0 Å². The number of morpholine rings is 1. The molecule has 2 aliphatic rings. The molecule has 1 aromatic carbocycles. The lowest BCUT2D eigenvalue weighted by Gasteiger charge is -2.35. The van der Waals surface area contributed by atoms with Crippen molar-refractivity contribution in [3.8, 4) is 0 Å². The molecule has 3 rings (SSSR count). The van der Waals surface area contributed by atoms with Gasteiger partial charge in [-0.05, 0) is 29.9 Å². The van der Waals surface area contributed by atoms with E-state index >= 15 is 0 Å². The molecule has 5 nitrogen and oxygen atoms in total. The van der Waals surface area contributed by atoms with Crippen molar-refractivity contribution < 1.29 is 13.9 Å². The van der Waals surface area contributed by atoms with E-state index in [1.165, 1.54) is 12.1 Å². The monoisotopic (exact) mass is 367 g/mol. The molecule has 1 aromatic rings. The van der Waals surface area contributed by atoms with Crippen molar-refractivity contribution in [1.82, 2.24) is 15.1 Å². The molecule has 0 aliphatic carbocycles. The second-order valence-corrected chi connectivity index (χ2v) is 7.62. The van der Waals surface area contributed by atoms with E-state index in [4.69, 9.17) is 4.74 Å². The van der Waals surface area contributed by atoms with Crippen LogP contribution in [-0.4, -0.2) is 72.8 Å². The topological polar surface area (TPSA) is 44.8 Å². The summed E-state index contributed by atoms with van der Waals surface area (Å²) in [6.45, 7) is 5.54. The van der Waals surface area contributed by atoms with Crippen LogP contribution in [0.4, 0.5) is 9.18 Å². The maximum Gasteiger partial charge on any atom is 0.317 e. The minimum atomic E-state index is -0.259. The number of hydrogen-bond acceptors (Lipinski definition) is 4. The van der Waals surface area contributed by atoms with E-state index in [0.29, 0.717) is 6.54 Å². The fraction of sp³-hybridized carbons (Fsp3) is 0.611. The number of rotatable bonds is 4. The first-order valence-corrected chi connectivity index (χ1v) is 10.0. The van der Waals surface area contributed by atoms with Gasteiger partial charge in [0.2, 0.25) is 0 Å². The number of carbonyl (C=O) groups excluding carboxylic acids is 1. The van der Waals surface area contributed by atoms with Crippen LogP contribution in [0.25, 0.3) is 0 Å². The molecule has 1 unspecified atom stereocenters. The lowest BCUT2D eigenvalue weighted by atomic mass is 10.2. The zero-order valence-electron chi connectivity index (χ0n) is 14.5. The predicted octanol–water partition coefficient (Wildman–Crippen LogP) is 2.17. The van der Waals surface area contributed by atoms with Gasteiger partial charge in [-0.15, -0.1) is 0 Å². The average Bonchev–Trinajstić information content (AvgIpc) is 2.87. The van der Waals surface area contributed by atoms with Crippen LogP contribution in [0.1, 0.15) is 12.0 Å². The number of ether oxygens (including phenoxy) is 1. The van der Waals surface area contributed by atoms with E-state index in [9.17, 15) is 9.18 Å².